The van der Waals surface area contributed by atoms with Crippen molar-refractivity contribution in [3.05, 3.63) is 65.2 Å². The molecule has 1 unspecified atom stereocenters. The predicted molar refractivity (Wildman–Crippen MR) is 72.8 cm³/mol. The van der Waals surface area contributed by atoms with Gasteiger partial charge in [-0.15, -0.1) is 0 Å². The van der Waals surface area contributed by atoms with E-state index in [0.717, 1.165) is 35.9 Å². The number of rotatable bonds is 1. The Hall–Kier alpha value is -2.23. The third-order valence-electron chi connectivity index (χ3n) is 3.58. The Morgan fingerprint density at radius 1 is 1.20 bits per heavy atom. The predicted octanol–water partition coefficient (Wildman–Crippen LogP) is 3.56. The van der Waals surface area contributed by atoms with Gasteiger partial charge in [0.25, 0.3) is 5.91 Å². The minimum absolute atomic E-state index is 0.0671. The van der Waals surface area contributed by atoms with E-state index in [1.807, 2.05) is 31.2 Å². The van der Waals surface area contributed by atoms with Gasteiger partial charge in [0, 0.05) is 11.7 Å². The van der Waals surface area contributed by atoms with Crippen LogP contribution in [0.4, 0.5) is 14.5 Å². The lowest BCUT2D eigenvalue weighted by Gasteiger charge is -2.23. The molecule has 1 amide bonds. The highest BCUT2D eigenvalue weighted by atomic mass is 19.1. The Kier molecular flexibility index (Phi) is 3.01. The van der Waals surface area contributed by atoms with E-state index in [0.29, 0.717) is 0 Å². The summed E-state index contributed by atoms with van der Waals surface area (Å²) >= 11 is 0. The molecule has 2 aromatic carbocycles. The first kappa shape index (κ1) is 12.8. The first-order valence-electron chi connectivity index (χ1n) is 6.44. The van der Waals surface area contributed by atoms with Crippen molar-refractivity contribution in [2.24, 2.45) is 0 Å². The average molecular weight is 273 g/mol. The smallest absolute Gasteiger partial charge is 0.261 e. The molecule has 3 rings (SSSR count). The maximum absolute atomic E-state index is 13.8. The molecule has 1 atom stereocenters. The molecule has 0 saturated heterocycles. The maximum atomic E-state index is 13.8. The van der Waals surface area contributed by atoms with Crippen molar-refractivity contribution >= 4 is 11.6 Å². The summed E-state index contributed by atoms with van der Waals surface area (Å²) in [4.78, 5) is 14.0. The molecule has 2 aromatic rings. The van der Waals surface area contributed by atoms with E-state index in [4.69, 9.17) is 0 Å². The van der Waals surface area contributed by atoms with E-state index in [1.165, 1.54) is 4.90 Å². The van der Waals surface area contributed by atoms with Crippen LogP contribution >= 0.6 is 0 Å². The molecule has 2 nitrogen and oxygen atoms in total. The molecule has 1 aliphatic rings. The van der Waals surface area contributed by atoms with E-state index < -0.39 is 17.5 Å². The highest BCUT2D eigenvalue weighted by Gasteiger charge is 2.32. The van der Waals surface area contributed by atoms with Crippen molar-refractivity contribution in [3.8, 4) is 0 Å². The van der Waals surface area contributed by atoms with Crippen LogP contribution in [0.25, 0.3) is 0 Å². The Morgan fingerprint density at radius 3 is 2.75 bits per heavy atom. The average Bonchev–Trinajstić information content (AvgIpc) is 2.76. The number of hydrogen-bond donors (Lipinski definition) is 0. The number of fused-ring (bicyclic) bond motifs is 1. The third kappa shape index (κ3) is 1.97. The molecule has 0 radical (unpaired) electrons. The van der Waals surface area contributed by atoms with Gasteiger partial charge in [-0.1, -0.05) is 18.2 Å². The molecule has 1 aliphatic heterocycles. The summed E-state index contributed by atoms with van der Waals surface area (Å²) < 4.78 is 27.0. The van der Waals surface area contributed by atoms with E-state index in [1.54, 1.807) is 0 Å². The van der Waals surface area contributed by atoms with Crippen LogP contribution in [0.15, 0.2) is 42.5 Å². The lowest BCUT2D eigenvalue weighted by atomic mass is 10.1. The molecule has 0 aromatic heterocycles. The van der Waals surface area contributed by atoms with Gasteiger partial charge in [0.05, 0.1) is 5.56 Å². The van der Waals surface area contributed by atoms with Crippen molar-refractivity contribution in [3.63, 3.8) is 0 Å². The zero-order chi connectivity index (χ0) is 14.3. The lowest BCUT2D eigenvalue weighted by Crippen LogP contribution is -2.36. The minimum Gasteiger partial charge on any atom is -0.305 e. The van der Waals surface area contributed by atoms with Crippen molar-refractivity contribution in [2.75, 3.05) is 4.90 Å². The molecule has 1 heterocycles. The lowest BCUT2D eigenvalue weighted by molar-refractivity contribution is 0.0977. The number of amides is 1. The van der Waals surface area contributed by atoms with Crippen molar-refractivity contribution < 1.29 is 13.6 Å². The number of nitrogens with zero attached hydrogens (tertiary/aromatic N) is 1. The van der Waals surface area contributed by atoms with Crippen LogP contribution in [0.2, 0.25) is 0 Å². The van der Waals surface area contributed by atoms with Gasteiger partial charge in [-0.25, -0.2) is 8.78 Å². The summed E-state index contributed by atoms with van der Waals surface area (Å²) in [7, 11) is 0. The Balaban J connectivity index is 2.05. The molecular weight excluding hydrogens is 260 g/mol. The zero-order valence-electron chi connectivity index (χ0n) is 10.9. The van der Waals surface area contributed by atoms with E-state index in [2.05, 4.69) is 0 Å². The molecule has 0 fully saturated rings. The van der Waals surface area contributed by atoms with Gasteiger partial charge in [0.1, 0.15) is 11.6 Å². The van der Waals surface area contributed by atoms with Crippen LogP contribution in [-0.2, 0) is 6.42 Å². The first-order valence-corrected chi connectivity index (χ1v) is 6.44. The summed E-state index contributed by atoms with van der Waals surface area (Å²) in [6.45, 7) is 1.90. The minimum atomic E-state index is -0.701. The van der Waals surface area contributed by atoms with E-state index >= 15 is 0 Å². The summed E-state index contributed by atoms with van der Waals surface area (Å²) in [5.74, 6) is -1.82. The van der Waals surface area contributed by atoms with Crippen molar-refractivity contribution in [1.82, 2.24) is 0 Å². The highest BCUT2D eigenvalue weighted by molar-refractivity contribution is 6.07. The summed E-state index contributed by atoms with van der Waals surface area (Å²) in [6.07, 6.45) is 0.721. The summed E-state index contributed by atoms with van der Waals surface area (Å²) in [5, 5.41) is 0. The normalized spacial score (nSPS) is 17.1. The van der Waals surface area contributed by atoms with Crippen LogP contribution in [-0.4, -0.2) is 11.9 Å². The Morgan fingerprint density at radius 2 is 1.95 bits per heavy atom. The molecule has 20 heavy (non-hydrogen) atoms. The topological polar surface area (TPSA) is 20.3 Å². The fourth-order valence-corrected chi connectivity index (χ4v) is 2.67. The second kappa shape index (κ2) is 4.71. The number of anilines is 1. The molecule has 102 valence electrons. The van der Waals surface area contributed by atoms with Crippen LogP contribution < -0.4 is 4.90 Å². The number of carbonyl (C=O) groups excluding carboxylic acids is 1. The summed E-state index contributed by atoms with van der Waals surface area (Å²) in [6, 6.07) is 10.4. The van der Waals surface area contributed by atoms with Crippen LogP contribution in [0, 0.1) is 11.6 Å². The number of para-hydroxylation sites is 1. The van der Waals surface area contributed by atoms with Crippen LogP contribution in [0.3, 0.4) is 0 Å². The molecule has 0 aliphatic carbocycles. The molecule has 0 bridgehead atoms. The van der Waals surface area contributed by atoms with Gasteiger partial charge in [0.2, 0.25) is 0 Å². The molecule has 0 saturated carbocycles. The Bertz CT molecular complexity index is 684. The van der Waals surface area contributed by atoms with Gasteiger partial charge >= 0.3 is 0 Å². The fraction of sp³-hybridized carbons (Fsp3) is 0.188. The van der Waals surface area contributed by atoms with Crippen molar-refractivity contribution in [1.29, 1.82) is 0 Å². The summed E-state index contributed by atoms with van der Waals surface area (Å²) in [5.41, 5.74) is 1.59. The maximum Gasteiger partial charge on any atom is 0.261 e. The SMILES string of the molecule is CC1Cc2ccccc2N1C(=O)c1cc(F)ccc1F. The van der Waals surface area contributed by atoms with Gasteiger partial charge in [-0.2, -0.15) is 0 Å². The third-order valence-corrected chi connectivity index (χ3v) is 3.58. The van der Waals surface area contributed by atoms with Gasteiger partial charge < -0.3 is 4.90 Å². The fourth-order valence-electron chi connectivity index (χ4n) is 2.67. The van der Waals surface area contributed by atoms with Crippen LogP contribution in [0.5, 0.6) is 0 Å². The van der Waals surface area contributed by atoms with E-state index in [9.17, 15) is 13.6 Å². The van der Waals surface area contributed by atoms with Gasteiger partial charge in [-0.05, 0) is 43.2 Å². The second-order valence-corrected chi connectivity index (χ2v) is 4.98. The van der Waals surface area contributed by atoms with Crippen LogP contribution in [0.1, 0.15) is 22.8 Å². The standard InChI is InChI=1S/C16H13F2NO/c1-10-8-11-4-2-3-5-15(11)19(10)16(20)13-9-12(17)6-7-14(13)18/h2-7,9-10H,8H2,1H3. The Labute approximate surface area is 115 Å². The number of halogens is 2. The first-order chi connectivity index (χ1) is 9.58. The quantitative estimate of drug-likeness (QED) is 0.778. The van der Waals surface area contributed by atoms with Gasteiger partial charge in [-0.3, -0.25) is 4.79 Å². The molecule has 0 spiro atoms. The monoisotopic (exact) mass is 273 g/mol. The van der Waals surface area contributed by atoms with E-state index in [-0.39, 0.29) is 11.6 Å². The second-order valence-electron chi connectivity index (χ2n) is 4.98. The number of benzene rings is 2. The highest BCUT2D eigenvalue weighted by Crippen LogP contribution is 2.33. The molecule has 0 N–H and O–H groups in total. The molecular formula is C16H13F2NO. The zero-order valence-corrected chi connectivity index (χ0v) is 10.9. The molecule has 4 heteroatoms. The largest absolute Gasteiger partial charge is 0.305 e. The van der Waals surface area contributed by atoms with Crippen molar-refractivity contribution in [2.45, 2.75) is 19.4 Å². The number of carbonyl (C=O) groups is 1. The number of hydrogen-bond acceptors (Lipinski definition) is 1. The van der Waals surface area contributed by atoms with Gasteiger partial charge in [0.15, 0.2) is 0 Å².